The number of methoxy groups -OCH3 is 1. The fraction of sp³-hybridized carbons (Fsp3) is 0.562. The molecule has 1 aromatic rings. The third-order valence-electron chi connectivity index (χ3n) is 3.98. The lowest BCUT2D eigenvalue weighted by molar-refractivity contribution is -0.150. The number of nitrogens with zero attached hydrogens (tertiary/aromatic N) is 2. The van der Waals surface area contributed by atoms with Crippen molar-refractivity contribution in [3.05, 3.63) is 23.9 Å². The molecule has 1 atom stereocenters. The molecule has 2 amide bonds. The molecule has 2 N–H and O–H groups in total. The molecular formula is C16H24N4O4. The minimum atomic E-state index is -0.842. The number of aromatic nitrogens is 1. The van der Waals surface area contributed by atoms with Crippen molar-refractivity contribution in [1.82, 2.24) is 15.2 Å². The first kappa shape index (κ1) is 18.2. The molecule has 1 aromatic heterocycles. The highest BCUT2D eigenvalue weighted by Gasteiger charge is 2.40. The van der Waals surface area contributed by atoms with Crippen molar-refractivity contribution >= 4 is 17.6 Å². The number of hydrogen-bond acceptors (Lipinski definition) is 6. The van der Waals surface area contributed by atoms with E-state index in [0.717, 1.165) is 0 Å². The fourth-order valence-electron chi connectivity index (χ4n) is 2.85. The number of ether oxygens (including phenoxy) is 2. The van der Waals surface area contributed by atoms with Gasteiger partial charge in [-0.15, -0.1) is 0 Å². The van der Waals surface area contributed by atoms with E-state index in [9.17, 15) is 9.59 Å². The van der Waals surface area contributed by atoms with E-state index in [4.69, 9.17) is 9.47 Å². The molecule has 1 aliphatic heterocycles. The number of hydrogen-bond donors (Lipinski definition) is 2. The molecule has 2 heterocycles. The molecule has 1 fully saturated rings. The Morgan fingerprint density at radius 2 is 2.25 bits per heavy atom. The van der Waals surface area contributed by atoms with Gasteiger partial charge in [-0.25, -0.2) is 4.98 Å². The van der Waals surface area contributed by atoms with Crippen molar-refractivity contribution in [3.8, 4) is 0 Å². The lowest BCUT2D eigenvalue weighted by Crippen LogP contribution is -2.57. The second-order valence-electron chi connectivity index (χ2n) is 5.69. The lowest BCUT2D eigenvalue weighted by Gasteiger charge is -2.42. The van der Waals surface area contributed by atoms with E-state index in [2.05, 4.69) is 15.6 Å². The average Bonchev–Trinajstić information content (AvgIpc) is 2.61. The predicted molar refractivity (Wildman–Crippen MR) is 88.9 cm³/mol. The van der Waals surface area contributed by atoms with Gasteiger partial charge in [0, 0.05) is 33.9 Å². The molecule has 8 nitrogen and oxygen atoms in total. The van der Waals surface area contributed by atoms with Gasteiger partial charge >= 0.3 is 0 Å². The Hall–Kier alpha value is -2.19. The van der Waals surface area contributed by atoms with Crippen molar-refractivity contribution in [2.24, 2.45) is 0 Å². The predicted octanol–water partition coefficient (Wildman–Crippen LogP) is 0.117. The zero-order valence-electron chi connectivity index (χ0n) is 14.3. The maximum absolute atomic E-state index is 12.9. The van der Waals surface area contributed by atoms with Gasteiger partial charge in [0.2, 0.25) is 5.91 Å². The van der Waals surface area contributed by atoms with Crippen molar-refractivity contribution in [3.63, 3.8) is 0 Å². The van der Waals surface area contributed by atoms with Crippen LogP contribution >= 0.6 is 0 Å². The summed E-state index contributed by atoms with van der Waals surface area (Å²) in [4.78, 5) is 30.6. The van der Waals surface area contributed by atoms with Crippen LogP contribution in [0.25, 0.3) is 0 Å². The summed E-state index contributed by atoms with van der Waals surface area (Å²) in [6.45, 7) is 1.32. The molecule has 1 aliphatic rings. The Bertz CT molecular complexity index is 591. The van der Waals surface area contributed by atoms with E-state index in [1.807, 2.05) is 0 Å². The molecule has 0 aliphatic carbocycles. The molecule has 24 heavy (non-hydrogen) atoms. The molecule has 0 radical (unpaired) electrons. The summed E-state index contributed by atoms with van der Waals surface area (Å²) in [5, 5.41) is 5.52. The van der Waals surface area contributed by atoms with Crippen LogP contribution in [0.2, 0.25) is 0 Å². The van der Waals surface area contributed by atoms with Gasteiger partial charge in [-0.2, -0.15) is 0 Å². The number of morpholine rings is 1. The van der Waals surface area contributed by atoms with E-state index < -0.39 is 5.60 Å². The SMILES string of the molecule is CNC(=O)C[C@]1(COC)CN(C(=O)c2cccnc2NC)CCO1. The van der Waals surface area contributed by atoms with Gasteiger partial charge in [-0.3, -0.25) is 9.59 Å². The summed E-state index contributed by atoms with van der Waals surface area (Å²) < 4.78 is 11.1. The minimum absolute atomic E-state index is 0.132. The molecule has 2 rings (SSSR count). The first-order valence-electron chi connectivity index (χ1n) is 7.81. The first-order valence-corrected chi connectivity index (χ1v) is 7.81. The summed E-state index contributed by atoms with van der Waals surface area (Å²) in [5.74, 6) is 0.226. The van der Waals surface area contributed by atoms with Crippen LogP contribution in [0.5, 0.6) is 0 Å². The summed E-state index contributed by atoms with van der Waals surface area (Å²) in [5.41, 5.74) is -0.349. The molecule has 1 saturated heterocycles. The average molecular weight is 336 g/mol. The number of amides is 2. The number of anilines is 1. The van der Waals surface area contributed by atoms with Gasteiger partial charge in [0.15, 0.2) is 0 Å². The summed E-state index contributed by atoms with van der Waals surface area (Å²) in [6.07, 6.45) is 1.76. The maximum Gasteiger partial charge on any atom is 0.257 e. The molecule has 0 unspecified atom stereocenters. The van der Waals surface area contributed by atoms with Gasteiger partial charge in [0.25, 0.3) is 5.91 Å². The largest absolute Gasteiger partial charge is 0.382 e. The van der Waals surface area contributed by atoms with E-state index in [-0.39, 0.29) is 31.4 Å². The summed E-state index contributed by atoms with van der Waals surface area (Å²) in [6, 6.07) is 3.45. The van der Waals surface area contributed by atoms with Gasteiger partial charge in [0.1, 0.15) is 11.4 Å². The number of carbonyl (C=O) groups is 2. The molecule has 0 bridgehead atoms. The lowest BCUT2D eigenvalue weighted by atomic mass is 9.97. The van der Waals surface area contributed by atoms with Crippen LogP contribution in [0.3, 0.4) is 0 Å². The van der Waals surface area contributed by atoms with E-state index in [1.54, 1.807) is 44.4 Å². The summed E-state index contributed by atoms with van der Waals surface area (Å²) >= 11 is 0. The quantitative estimate of drug-likeness (QED) is 0.766. The highest BCUT2D eigenvalue weighted by Crippen LogP contribution is 2.25. The van der Waals surface area contributed by atoms with Crippen LogP contribution in [0, 0.1) is 0 Å². The van der Waals surface area contributed by atoms with E-state index >= 15 is 0 Å². The zero-order valence-corrected chi connectivity index (χ0v) is 14.3. The topological polar surface area (TPSA) is 92.8 Å². The monoisotopic (exact) mass is 336 g/mol. The normalized spacial score (nSPS) is 20.5. The molecule has 8 heteroatoms. The number of rotatable bonds is 6. The smallest absolute Gasteiger partial charge is 0.257 e. The number of pyridine rings is 1. The van der Waals surface area contributed by atoms with Gasteiger partial charge in [-0.1, -0.05) is 0 Å². The van der Waals surface area contributed by atoms with Crippen molar-refractivity contribution in [2.75, 3.05) is 52.8 Å². The Morgan fingerprint density at radius 3 is 2.92 bits per heavy atom. The Balaban J connectivity index is 2.21. The van der Waals surface area contributed by atoms with E-state index in [0.29, 0.717) is 24.5 Å². The number of carbonyl (C=O) groups excluding carboxylic acids is 2. The first-order chi connectivity index (χ1) is 11.5. The third kappa shape index (κ3) is 4.01. The third-order valence-corrected chi connectivity index (χ3v) is 3.98. The fourth-order valence-corrected chi connectivity index (χ4v) is 2.85. The zero-order chi connectivity index (χ0) is 17.6. The molecule has 132 valence electrons. The molecular weight excluding hydrogens is 312 g/mol. The highest BCUT2D eigenvalue weighted by atomic mass is 16.5. The van der Waals surface area contributed by atoms with Crippen LogP contribution < -0.4 is 10.6 Å². The second-order valence-corrected chi connectivity index (χ2v) is 5.69. The van der Waals surface area contributed by atoms with Gasteiger partial charge in [-0.05, 0) is 12.1 Å². The van der Waals surface area contributed by atoms with Gasteiger partial charge in [0.05, 0.1) is 31.7 Å². The van der Waals surface area contributed by atoms with Crippen LogP contribution in [0.1, 0.15) is 16.8 Å². The van der Waals surface area contributed by atoms with Crippen LogP contribution in [-0.2, 0) is 14.3 Å². The standard InChI is InChI=1S/C16H24N4O4/c1-17-13(21)9-16(11-23-3)10-20(7-8-24-16)15(22)12-5-4-6-19-14(12)18-2/h4-6H,7-11H2,1-3H3,(H,17,21)(H,18,19)/t16-/m1/s1. The maximum atomic E-state index is 12.9. The molecule has 0 spiro atoms. The Labute approximate surface area is 141 Å². The van der Waals surface area contributed by atoms with Crippen LogP contribution in [0.4, 0.5) is 5.82 Å². The Kier molecular flexibility index (Phi) is 6.10. The Morgan fingerprint density at radius 1 is 1.46 bits per heavy atom. The van der Waals surface area contributed by atoms with Crippen LogP contribution in [0.15, 0.2) is 18.3 Å². The second kappa shape index (κ2) is 8.07. The number of nitrogens with one attached hydrogen (secondary N) is 2. The summed E-state index contributed by atoms with van der Waals surface area (Å²) in [7, 11) is 4.85. The highest BCUT2D eigenvalue weighted by molar-refractivity contribution is 5.98. The van der Waals surface area contributed by atoms with Gasteiger partial charge < -0.3 is 25.0 Å². The van der Waals surface area contributed by atoms with Crippen molar-refractivity contribution in [1.29, 1.82) is 0 Å². The minimum Gasteiger partial charge on any atom is -0.382 e. The van der Waals surface area contributed by atoms with E-state index in [1.165, 1.54) is 0 Å². The van der Waals surface area contributed by atoms with Crippen molar-refractivity contribution in [2.45, 2.75) is 12.0 Å². The van der Waals surface area contributed by atoms with Crippen molar-refractivity contribution < 1.29 is 19.1 Å². The van der Waals surface area contributed by atoms with Crippen LogP contribution in [-0.4, -0.2) is 74.8 Å². The molecule has 0 aromatic carbocycles. The molecule has 0 saturated carbocycles.